The normalized spacial score (nSPS) is 14.1. The molecule has 1 saturated heterocycles. The fraction of sp³-hybridized carbons (Fsp3) is 0.364. The van der Waals surface area contributed by atoms with Crippen LogP contribution in [0.2, 0.25) is 0 Å². The SMILES string of the molecule is C1CCOC1.O=C(n1ccnc1)n1ccnc1. The Hall–Kier alpha value is -1.95. The minimum Gasteiger partial charge on any atom is -0.381 e. The molecular weight excluding hydrogens is 220 g/mol. The average Bonchev–Trinajstić information content (AvgIpc) is 3.11. The Balaban J connectivity index is 0.000000181. The fourth-order valence-corrected chi connectivity index (χ4v) is 1.39. The molecule has 6 nitrogen and oxygen atoms in total. The third kappa shape index (κ3) is 3.25. The van der Waals surface area contributed by atoms with E-state index in [1.807, 2.05) is 0 Å². The number of carbonyl (C=O) groups is 1. The van der Waals surface area contributed by atoms with Crippen molar-refractivity contribution in [3.63, 3.8) is 0 Å². The zero-order chi connectivity index (χ0) is 11.9. The first-order valence-corrected chi connectivity index (χ1v) is 5.46. The number of rotatable bonds is 0. The maximum absolute atomic E-state index is 11.4. The van der Waals surface area contributed by atoms with E-state index in [0.717, 1.165) is 13.2 Å². The standard InChI is InChI=1S/C7H6N4O.C4H8O/c12-7(10-3-1-8-5-10)11-4-2-9-6-11;1-2-4-5-3-1/h1-6H;1-4H2. The topological polar surface area (TPSA) is 61.9 Å². The van der Waals surface area contributed by atoms with Crippen molar-refractivity contribution in [2.24, 2.45) is 0 Å². The largest absolute Gasteiger partial charge is 0.381 e. The molecular formula is C11H14N4O2. The molecule has 0 atom stereocenters. The van der Waals surface area contributed by atoms with Crippen LogP contribution in [0, 0.1) is 0 Å². The van der Waals surface area contributed by atoms with Gasteiger partial charge in [0, 0.05) is 38.0 Å². The molecule has 17 heavy (non-hydrogen) atoms. The lowest BCUT2D eigenvalue weighted by Crippen LogP contribution is -2.15. The van der Waals surface area contributed by atoms with Gasteiger partial charge in [0.1, 0.15) is 12.7 Å². The maximum atomic E-state index is 11.4. The van der Waals surface area contributed by atoms with Crippen molar-refractivity contribution in [3.05, 3.63) is 37.4 Å². The first-order chi connectivity index (χ1) is 8.38. The summed E-state index contributed by atoms with van der Waals surface area (Å²) < 4.78 is 7.70. The Kier molecular flexibility index (Phi) is 4.04. The smallest absolute Gasteiger partial charge is 0.338 e. The van der Waals surface area contributed by atoms with Gasteiger partial charge in [0.15, 0.2) is 0 Å². The van der Waals surface area contributed by atoms with Gasteiger partial charge in [-0.3, -0.25) is 9.13 Å². The summed E-state index contributed by atoms with van der Waals surface area (Å²) in [6.07, 6.45) is 11.7. The number of imidazole rings is 2. The molecule has 0 aromatic carbocycles. The van der Waals surface area contributed by atoms with Crippen LogP contribution in [0.5, 0.6) is 0 Å². The first kappa shape index (κ1) is 11.5. The van der Waals surface area contributed by atoms with E-state index in [1.54, 1.807) is 24.8 Å². The van der Waals surface area contributed by atoms with Crippen LogP contribution in [0.4, 0.5) is 4.79 Å². The van der Waals surface area contributed by atoms with Gasteiger partial charge in [-0.05, 0) is 12.8 Å². The average molecular weight is 234 g/mol. The van der Waals surface area contributed by atoms with Crippen LogP contribution in [-0.2, 0) is 4.74 Å². The molecule has 0 radical (unpaired) electrons. The summed E-state index contributed by atoms with van der Waals surface area (Å²) in [5.74, 6) is 0. The molecule has 1 aliphatic heterocycles. The highest BCUT2D eigenvalue weighted by Gasteiger charge is 2.03. The highest BCUT2D eigenvalue weighted by Crippen LogP contribution is 1.98. The molecule has 1 aliphatic rings. The third-order valence-corrected chi connectivity index (χ3v) is 2.28. The molecule has 0 amide bonds. The summed E-state index contributed by atoms with van der Waals surface area (Å²) in [5, 5.41) is 0. The van der Waals surface area contributed by atoms with Crippen molar-refractivity contribution in [2.75, 3.05) is 13.2 Å². The summed E-state index contributed by atoms with van der Waals surface area (Å²) in [5.41, 5.74) is 0. The second kappa shape index (κ2) is 5.95. The fourth-order valence-electron chi connectivity index (χ4n) is 1.39. The van der Waals surface area contributed by atoms with Crippen LogP contribution < -0.4 is 0 Å². The van der Waals surface area contributed by atoms with Gasteiger partial charge in [-0.25, -0.2) is 14.8 Å². The van der Waals surface area contributed by atoms with E-state index in [-0.39, 0.29) is 6.03 Å². The van der Waals surface area contributed by atoms with Gasteiger partial charge >= 0.3 is 6.03 Å². The lowest BCUT2D eigenvalue weighted by atomic mass is 10.4. The molecule has 0 bridgehead atoms. The molecule has 3 rings (SSSR count). The van der Waals surface area contributed by atoms with E-state index < -0.39 is 0 Å². The predicted octanol–water partition coefficient (Wildman–Crippen LogP) is 1.39. The Bertz CT molecular complexity index is 388. The van der Waals surface area contributed by atoms with Crippen molar-refractivity contribution in [1.82, 2.24) is 19.1 Å². The maximum Gasteiger partial charge on any atom is 0.338 e. The Labute approximate surface area is 98.9 Å². The monoisotopic (exact) mass is 234 g/mol. The van der Waals surface area contributed by atoms with Gasteiger partial charge < -0.3 is 4.74 Å². The van der Waals surface area contributed by atoms with E-state index in [2.05, 4.69) is 9.97 Å². The number of nitrogens with zero attached hydrogens (tertiary/aromatic N) is 4. The molecule has 2 aromatic rings. The number of carbonyl (C=O) groups excluding carboxylic acids is 1. The van der Waals surface area contributed by atoms with Crippen molar-refractivity contribution >= 4 is 6.03 Å². The van der Waals surface area contributed by atoms with Gasteiger partial charge in [-0.15, -0.1) is 0 Å². The summed E-state index contributed by atoms with van der Waals surface area (Å²) >= 11 is 0. The predicted molar refractivity (Wildman–Crippen MR) is 60.7 cm³/mol. The third-order valence-electron chi connectivity index (χ3n) is 2.28. The van der Waals surface area contributed by atoms with Crippen molar-refractivity contribution in [3.8, 4) is 0 Å². The van der Waals surface area contributed by atoms with Gasteiger partial charge in [0.2, 0.25) is 0 Å². The molecule has 0 saturated carbocycles. The molecule has 0 unspecified atom stereocenters. The van der Waals surface area contributed by atoms with Crippen LogP contribution in [0.3, 0.4) is 0 Å². The molecule has 0 aliphatic carbocycles. The van der Waals surface area contributed by atoms with Gasteiger partial charge in [0.05, 0.1) is 0 Å². The van der Waals surface area contributed by atoms with Crippen molar-refractivity contribution < 1.29 is 9.53 Å². The lowest BCUT2D eigenvalue weighted by molar-refractivity contribution is 0.198. The zero-order valence-corrected chi connectivity index (χ0v) is 9.40. The van der Waals surface area contributed by atoms with E-state index >= 15 is 0 Å². The molecule has 0 N–H and O–H groups in total. The van der Waals surface area contributed by atoms with E-state index in [1.165, 1.54) is 34.6 Å². The summed E-state index contributed by atoms with van der Waals surface area (Å²) in [4.78, 5) is 18.9. The van der Waals surface area contributed by atoms with Crippen molar-refractivity contribution in [1.29, 1.82) is 0 Å². The number of aromatic nitrogens is 4. The molecule has 2 aromatic heterocycles. The van der Waals surface area contributed by atoms with Crippen LogP contribution in [0.25, 0.3) is 0 Å². The minimum absolute atomic E-state index is 0.190. The second-order valence-electron chi connectivity index (χ2n) is 3.54. The summed E-state index contributed by atoms with van der Waals surface area (Å²) in [7, 11) is 0. The van der Waals surface area contributed by atoms with E-state index in [9.17, 15) is 4.79 Å². The number of hydrogen-bond acceptors (Lipinski definition) is 4. The van der Waals surface area contributed by atoms with E-state index in [4.69, 9.17) is 4.74 Å². The molecule has 90 valence electrons. The highest BCUT2D eigenvalue weighted by atomic mass is 16.5. The zero-order valence-electron chi connectivity index (χ0n) is 9.40. The van der Waals surface area contributed by atoms with Crippen LogP contribution in [0.1, 0.15) is 12.8 Å². The second-order valence-corrected chi connectivity index (χ2v) is 3.54. The Morgan fingerprint density at radius 3 is 1.82 bits per heavy atom. The molecule has 0 spiro atoms. The van der Waals surface area contributed by atoms with Gasteiger partial charge in [0.25, 0.3) is 0 Å². The summed E-state index contributed by atoms with van der Waals surface area (Å²) in [6.45, 7) is 2.00. The Morgan fingerprint density at radius 2 is 1.53 bits per heavy atom. The van der Waals surface area contributed by atoms with Gasteiger partial charge in [-0.1, -0.05) is 0 Å². The minimum atomic E-state index is -0.190. The lowest BCUT2D eigenvalue weighted by Gasteiger charge is -1.98. The summed E-state index contributed by atoms with van der Waals surface area (Å²) in [6, 6.07) is -0.190. The molecule has 1 fully saturated rings. The van der Waals surface area contributed by atoms with Crippen molar-refractivity contribution in [2.45, 2.75) is 12.8 Å². The number of hydrogen-bond donors (Lipinski definition) is 0. The molecule has 3 heterocycles. The quantitative estimate of drug-likeness (QED) is 0.691. The number of ether oxygens (including phenoxy) is 1. The van der Waals surface area contributed by atoms with Gasteiger partial charge in [-0.2, -0.15) is 0 Å². The Morgan fingerprint density at radius 1 is 1.00 bits per heavy atom. The van der Waals surface area contributed by atoms with Crippen LogP contribution in [-0.4, -0.2) is 38.3 Å². The molecule has 6 heteroatoms. The first-order valence-electron chi connectivity index (χ1n) is 5.46. The highest BCUT2D eigenvalue weighted by molar-refractivity contribution is 5.78. The van der Waals surface area contributed by atoms with E-state index in [0.29, 0.717) is 0 Å². The van der Waals surface area contributed by atoms with Crippen LogP contribution in [0.15, 0.2) is 37.4 Å². The van der Waals surface area contributed by atoms with Crippen LogP contribution >= 0.6 is 0 Å².